The van der Waals surface area contributed by atoms with Crippen LogP contribution in [0.4, 0.5) is 0 Å². The van der Waals surface area contributed by atoms with Gasteiger partial charge in [-0.05, 0) is 42.9 Å². The van der Waals surface area contributed by atoms with Crippen LogP contribution in [0.1, 0.15) is 52.5 Å². The maximum atomic E-state index is 13.4. The van der Waals surface area contributed by atoms with Crippen molar-refractivity contribution in [2.75, 3.05) is 0 Å². The molecule has 0 radical (unpaired) electrons. The number of carbonyl (C=O) groups excluding carboxylic acids is 1. The van der Waals surface area contributed by atoms with Crippen LogP contribution in [0, 0.1) is 11.8 Å². The van der Waals surface area contributed by atoms with Gasteiger partial charge in [0.05, 0.1) is 5.52 Å². The number of nitrogens with one attached hydrogen (secondary N) is 1. The number of benzene rings is 2. The van der Waals surface area contributed by atoms with Gasteiger partial charge in [0.25, 0.3) is 0 Å². The lowest BCUT2D eigenvalue weighted by Crippen LogP contribution is -2.46. The summed E-state index contributed by atoms with van der Waals surface area (Å²) in [5, 5.41) is 9.91. The summed E-state index contributed by atoms with van der Waals surface area (Å²) in [6, 6.07) is 15.7. The minimum atomic E-state index is -0.351. The summed E-state index contributed by atoms with van der Waals surface area (Å²) in [6.07, 6.45) is 4.15. The lowest BCUT2D eigenvalue weighted by atomic mass is 9.78. The summed E-state index contributed by atoms with van der Waals surface area (Å²) >= 11 is 6.31. The molecule has 4 rings (SSSR count). The molecule has 1 aromatic heterocycles. The summed E-state index contributed by atoms with van der Waals surface area (Å²) in [7, 11) is 0. The number of carbonyl (C=O) groups is 1. The molecular formula is C25H30ClN3O. The van der Waals surface area contributed by atoms with Gasteiger partial charge in [-0.2, -0.15) is 5.10 Å². The highest BCUT2D eigenvalue weighted by atomic mass is 35.5. The van der Waals surface area contributed by atoms with Gasteiger partial charge < -0.3 is 5.32 Å². The molecule has 1 aliphatic rings. The van der Waals surface area contributed by atoms with E-state index in [-0.39, 0.29) is 18.0 Å². The Morgan fingerprint density at radius 2 is 1.97 bits per heavy atom. The zero-order chi connectivity index (χ0) is 21.3. The number of rotatable bonds is 5. The van der Waals surface area contributed by atoms with E-state index in [0.717, 1.165) is 28.6 Å². The molecule has 0 bridgehead atoms. The third-order valence-electron chi connectivity index (χ3n) is 6.73. The van der Waals surface area contributed by atoms with Crippen molar-refractivity contribution in [1.29, 1.82) is 0 Å². The van der Waals surface area contributed by atoms with Crippen molar-refractivity contribution in [1.82, 2.24) is 15.1 Å². The fourth-order valence-electron chi connectivity index (χ4n) is 4.69. The molecule has 4 nitrogen and oxygen atoms in total. The quantitative estimate of drug-likeness (QED) is 0.527. The first-order valence-corrected chi connectivity index (χ1v) is 11.4. The Balaban J connectivity index is 1.71. The predicted molar refractivity (Wildman–Crippen MR) is 124 cm³/mol. The molecule has 1 N–H and O–H groups in total. The highest BCUT2D eigenvalue weighted by molar-refractivity contribution is 6.31. The molecule has 0 aliphatic heterocycles. The molecule has 4 atom stereocenters. The van der Waals surface area contributed by atoms with E-state index in [1.54, 1.807) is 0 Å². The van der Waals surface area contributed by atoms with Gasteiger partial charge in [-0.1, -0.05) is 75.5 Å². The molecular weight excluding hydrogens is 394 g/mol. The van der Waals surface area contributed by atoms with Crippen molar-refractivity contribution >= 4 is 28.4 Å². The predicted octanol–water partition coefficient (Wildman–Crippen LogP) is 6.25. The summed E-state index contributed by atoms with van der Waals surface area (Å²) < 4.78 is 1.89. The SMILES string of the molecule is CC[C@H](C(=O)N[C@@H]1CCC[C@H](C)[C@H]1C)n1nc(-c2ccccc2)c2cc(Cl)ccc21. The van der Waals surface area contributed by atoms with Crippen LogP contribution >= 0.6 is 11.6 Å². The van der Waals surface area contributed by atoms with Gasteiger partial charge >= 0.3 is 0 Å². The first-order chi connectivity index (χ1) is 14.5. The molecule has 1 aliphatic carbocycles. The van der Waals surface area contributed by atoms with Crippen LogP contribution < -0.4 is 5.32 Å². The summed E-state index contributed by atoms with van der Waals surface area (Å²) in [5.41, 5.74) is 2.82. The Morgan fingerprint density at radius 1 is 1.20 bits per heavy atom. The van der Waals surface area contributed by atoms with Crippen molar-refractivity contribution in [3.63, 3.8) is 0 Å². The number of hydrogen-bond donors (Lipinski definition) is 1. The second-order valence-corrected chi connectivity index (χ2v) is 9.06. The van der Waals surface area contributed by atoms with E-state index in [4.69, 9.17) is 16.7 Å². The van der Waals surface area contributed by atoms with E-state index in [0.29, 0.717) is 23.3 Å². The fraction of sp³-hybridized carbons (Fsp3) is 0.440. The maximum Gasteiger partial charge on any atom is 0.245 e. The average Bonchev–Trinajstić information content (AvgIpc) is 3.11. The minimum Gasteiger partial charge on any atom is -0.351 e. The third kappa shape index (κ3) is 3.98. The van der Waals surface area contributed by atoms with E-state index in [2.05, 4.69) is 19.2 Å². The van der Waals surface area contributed by atoms with Gasteiger partial charge in [0, 0.05) is 22.0 Å². The molecule has 158 valence electrons. The van der Waals surface area contributed by atoms with Crippen LogP contribution in [0.15, 0.2) is 48.5 Å². The van der Waals surface area contributed by atoms with Crippen molar-refractivity contribution in [2.24, 2.45) is 11.8 Å². The average molecular weight is 424 g/mol. The molecule has 1 fully saturated rings. The maximum absolute atomic E-state index is 13.4. The third-order valence-corrected chi connectivity index (χ3v) is 6.97. The van der Waals surface area contributed by atoms with Crippen LogP contribution in [0.5, 0.6) is 0 Å². The molecule has 2 aromatic carbocycles. The zero-order valence-corrected chi connectivity index (χ0v) is 18.7. The zero-order valence-electron chi connectivity index (χ0n) is 17.9. The number of nitrogens with zero attached hydrogens (tertiary/aromatic N) is 2. The standard InChI is InChI=1S/C25H30ClN3O/c1-4-22(25(30)27-21-12-8-9-16(2)17(21)3)29-23-14-13-19(26)15-20(23)24(28-29)18-10-6-5-7-11-18/h5-7,10-11,13-17,21-22H,4,8-9,12H2,1-3H3,(H,27,30)/t16-,17+,21+,22+/m0/s1. The topological polar surface area (TPSA) is 46.9 Å². The largest absolute Gasteiger partial charge is 0.351 e. The number of hydrogen-bond acceptors (Lipinski definition) is 2. The molecule has 1 heterocycles. The van der Waals surface area contributed by atoms with Crippen LogP contribution in [0.3, 0.4) is 0 Å². The fourth-order valence-corrected chi connectivity index (χ4v) is 4.87. The van der Waals surface area contributed by atoms with E-state index in [9.17, 15) is 4.79 Å². The van der Waals surface area contributed by atoms with Gasteiger partial charge in [0.1, 0.15) is 11.7 Å². The van der Waals surface area contributed by atoms with Crippen LogP contribution in [-0.4, -0.2) is 21.7 Å². The van der Waals surface area contributed by atoms with Gasteiger partial charge in [-0.15, -0.1) is 0 Å². The van der Waals surface area contributed by atoms with E-state index in [1.165, 1.54) is 12.8 Å². The normalized spacial score (nSPS) is 22.7. The Bertz CT molecular complexity index is 1030. The number of amides is 1. The first-order valence-electron chi connectivity index (χ1n) is 11.0. The van der Waals surface area contributed by atoms with Crippen LogP contribution in [-0.2, 0) is 4.79 Å². The van der Waals surface area contributed by atoms with Crippen molar-refractivity contribution < 1.29 is 4.79 Å². The monoisotopic (exact) mass is 423 g/mol. The molecule has 1 amide bonds. The molecule has 5 heteroatoms. The first kappa shape index (κ1) is 20.9. The molecule has 0 unspecified atom stereocenters. The Kier molecular flexibility index (Phi) is 6.14. The summed E-state index contributed by atoms with van der Waals surface area (Å²) in [6.45, 7) is 6.59. The van der Waals surface area contributed by atoms with E-state index < -0.39 is 0 Å². The van der Waals surface area contributed by atoms with Gasteiger partial charge in [0.15, 0.2) is 0 Å². The summed E-state index contributed by atoms with van der Waals surface area (Å²) in [4.78, 5) is 13.4. The molecule has 0 saturated heterocycles. The number of halogens is 1. The Morgan fingerprint density at radius 3 is 2.70 bits per heavy atom. The van der Waals surface area contributed by atoms with E-state index >= 15 is 0 Å². The molecule has 1 saturated carbocycles. The van der Waals surface area contributed by atoms with Crippen molar-refractivity contribution in [2.45, 2.75) is 58.5 Å². The molecule has 30 heavy (non-hydrogen) atoms. The van der Waals surface area contributed by atoms with Crippen molar-refractivity contribution in [3.8, 4) is 11.3 Å². The van der Waals surface area contributed by atoms with Crippen LogP contribution in [0.25, 0.3) is 22.2 Å². The number of fused-ring (bicyclic) bond motifs is 1. The Hall–Kier alpha value is -2.33. The highest BCUT2D eigenvalue weighted by Gasteiger charge is 2.31. The van der Waals surface area contributed by atoms with Crippen molar-refractivity contribution in [3.05, 3.63) is 53.6 Å². The smallest absolute Gasteiger partial charge is 0.245 e. The lowest BCUT2D eigenvalue weighted by molar-refractivity contribution is -0.126. The molecule has 3 aromatic rings. The summed E-state index contributed by atoms with van der Waals surface area (Å²) in [5.74, 6) is 1.19. The minimum absolute atomic E-state index is 0.0578. The number of aromatic nitrogens is 2. The van der Waals surface area contributed by atoms with Crippen LogP contribution in [0.2, 0.25) is 5.02 Å². The lowest BCUT2D eigenvalue weighted by Gasteiger charge is -2.35. The Labute approximate surface area is 183 Å². The van der Waals surface area contributed by atoms with Gasteiger partial charge in [-0.3, -0.25) is 9.48 Å². The van der Waals surface area contributed by atoms with Gasteiger partial charge in [-0.25, -0.2) is 0 Å². The highest BCUT2D eigenvalue weighted by Crippen LogP contribution is 2.33. The van der Waals surface area contributed by atoms with Gasteiger partial charge in [0.2, 0.25) is 5.91 Å². The van der Waals surface area contributed by atoms with E-state index in [1.807, 2.05) is 60.1 Å². The molecule has 0 spiro atoms. The second-order valence-electron chi connectivity index (χ2n) is 8.63. The second kappa shape index (κ2) is 8.81.